The topological polar surface area (TPSA) is 105 Å². The van der Waals surface area contributed by atoms with Gasteiger partial charge in [-0.05, 0) is 18.2 Å². The molecule has 9 heteroatoms. The number of carbonyl (C=O) groups is 1. The van der Waals surface area contributed by atoms with Crippen LogP contribution in [-0.4, -0.2) is 56.7 Å². The maximum absolute atomic E-state index is 11.5. The molecule has 1 amide bonds. The van der Waals surface area contributed by atoms with Crippen LogP contribution in [0.25, 0.3) is 5.69 Å². The van der Waals surface area contributed by atoms with Crippen molar-refractivity contribution in [1.29, 1.82) is 0 Å². The lowest BCUT2D eigenvalue weighted by molar-refractivity contribution is -0.129. The number of aromatic nitrogens is 4. The van der Waals surface area contributed by atoms with Gasteiger partial charge in [0.05, 0.1) is 5.69 Å². The van der Waals surface area contributed by atoms with Gasteiger partial charge in [-0.15, -0.1) is 5.10 Å². The predicted octanol–water partition coefficient (Wildman–Crippen LogP) is 1.66. The molecule has 0 aliphatic carbocycles. The van der Waals surface area contributed by atoms with Gasteiger partial charge < -0.3 is 20.9 Å². The lowest BCUT2D eigenvalue weighted by Gasteiger charge is -2.35. The lowest BCUT2D eigenvalue weighted by atomic mass is 10.3. The van der Waals surface area contributed by atoms with E-state index in [1.165, 1.54) is 0 Å². The molecule has 0 radical (unpaired) electrons. The van der Waals surface area contributed by atoms with E-state index in [9.17, 15) is 4.79 Å². The summed E-state index contributed by atoms with van der Waals surface area (Å²) >= 11 is 0. The van der Waals surface area contributed by atoms with Gasteiger partial charge in [0.2, 0.25) is 17.8 Å². The first-order valence-corrected chi connectivity index (χ1v) is 9.11. The largest absolute Gasteiger partial charge is 0.368 e. The maximum Gasteiger partial charge on any atom is 0.248 e. The van der Waals surface area contributed by atoms with Crippen LogP contribution in [0.2, 0.25) is 0 Å². The van der Waals surface area contributed by atoms with E-state index in [1.807, 2.05) is 47.4 Å². The molecular weight excluding hydrogens is 356 g/mol. The zero-order valence-electron chi connectivity index (χ0n) is 15.6. The summed E-state index contributed by atoms with van der Waals surface area (Å²) in [7, 11) is 0. The Kier molecular flexibility index (Phi) is 4.79. The molecule has 0 saturated carbocycles. The Morgan fingerprint density at radius 2 is 1.86 bits per heavy atom. The fourth-order valence-electron chi connectivity index (χ4n) is 3.18. The van der Waals surface area contributed by atoms with Gasteiger partial charge in [0.15, 0.2) is 0 Å². The molecule has 0 bridgehead atoms. The Labute approximate surface area is 162 Å². The SMILES string of the molecule is CC(=O)N1CCN(c2cc(-n3nc(Nc4ccccc4)nc3N)ccn2)CC1. The molecule has 0 spiro atoms. The van der Waals surface area contributed by atoms with Crippen molar-refractivity contribution in [3.05, 3.63) is 48.7 Å². The molecule has 3 aromatic rings. The number of para-hydroxylation sites is 1. The van der Waals surface area contributed by atoms with Crippen molar-refractivity contribution in [2.75, 3.05) is 42.1 Å². The summed E-state index contributed by atoms with van der Waals surface area (Å²) in [5, 5.41) is 7.61. The number of piperazine rings is 1. The number of hydrogen-bond acceptors (Lipinski definition) is 7. The van der Waals surface area contributed by atoms with Gasteiger partial charge in [0.1, 0.15) is 5.82 Å². The zero-order chi connectivity index (χ0) is 19.5. The van der Waals surface area contributed by atoms with E-state index in [4.69, 9.17) is 5.73 Å². The molecule has 1 aliphatic rings. The molecule has 3 N–H and O–H groups in total. The normalized spacial score (nSPS) is 14.2. The van der Waals surface area contributed by atoms with Gasteiger partial charge in [-0.3, -0.25) is 4.79 Å². The van der Waals surface area contributed by atoms with Crippen LogP contribution in [0.15, 0.2) is 48.7 Å². The number of nitrogens with two attached hydrogens (primary N) is 1. The fourth-order valence-corrected chi connectivity index (χ4v) is 3.18. The number of carbonyl (C=O) groups excluding carboxylic acids is 1. The number of hydrogen-bond donors (Lipinski definition) is 2. The van der Waals surface area contributed by atoms with Gasteiger partial charge in [-0.2, -0.15) is 9.67 Å². The zero-order valence-corrected chi connectivity index (χ0v) is 15.6. The van der Waals surface area contributed by atoms with E-state index in [0.29, 0.717) is 19.0 Å². The third-order valence-electron chi connectivity index (χ3n) is 4.68. The summed E-state index contributed by atoms with van der Waals surface area (Å²) < 4.78 is 1.59. The van der Waals surface area contributed by atoms with Crippen LogP contribution in [0.3, 0.4) is 0 Å². The van der Waals surface area contributed by atoms with Crippen molar-refractivity contribution in [3.63, 3.8) is 0 Å². The van der Waals surface area contributed by atoms with Crippen molar-refractivity contribution >= 4 is 29.3 Å². The van der Waals surface area contributed by atoms with Crippen molar-refractivity contribution < 1.29 is 4.79 Å². The molecule has 144 valence electrons. The molecule has 2 aromatic heterocycles. The predicted molar refractivity (Wildman–Crippen MR) is 108 cm³/mol. The second-order valence-corrected chi connectivity index (χ2v) is 6.56. The van der Waals surface area contributed by atoms with E-state index in [1.54, 1.807) is 17.8 Å². The van der Waals surface area contributed by atoms with Gasteiger partial charge >= 0.3 is 0 Å². The molecule has 1 saturated heterocycles. The average molecular weight is 378 g/mol. The molecule has 4 rings (SSSR count). The number of rotatable bonds is 4. The number of nitrogen functional groups attached to an aromatic ring is 1. The lowest BCUT2D eigenvalue weighted by Crippen LogP contribution is -2.48. The van der Waals surface area contributed by atoms with Crippen LogP contribution in [0, 0.1) is 0 Å². The van der Waals surface area contributed by atoms with E-state index >= 15 is 0 Å². The highest BCUT2D eigenvalue weighted by Crippen LogP contribution is 2.21. The quantitative estimate of drug-likeness (QED) is 0.711. The maximum atomic E-state index is 11.5. The molecule has 0 atom stereocenters. The Balaban J connectivity index is 1.52. The molecular formula is C19H22N8O. The molecule has 1 aromatic carbocycles. The first-order chi connectivity index (χ1) is 13.6. The van der Waals surface area contributed by atoms with Gasteiger partial charge in [0, 0.05) is 51.1 Å². The van der Waals surface area contributed by atoms with E-state index in [2.05, 4.69) is 25.3 Å². The van der Waals surface area contributed by atoms with Crippen LogP contribution in [0.1, 0.15) is 6.92 Å². The van der Waals surface area contributed by atoms with Crippen LogP contribution in [0.4, 0.5) is 23.4 Å². The summed E-state index contributed by atoms with van der Waals surface area (Å²) in [4.78, 5) is 24.3. The number of anilines is 4. The highest BCUT2D eigenvalue weighted by molar-refractivity contribution is 5.73. The standard InChI is InChI=1S/C19H22N8O/c1-14(28)25-9-11-26(12-10-25)17-13-16(7-8-21-17)27-18(20)23-19(24-27)22-15-5-3-2-4-6-15/h2-8,13H,9-12H2,1H3,(H3,20,22,23,24). The number of nitrogens with zero attached hydrogens (tertiary/aromatic N) is 6. The third kappa shape index (κ3) is 3.73. The molecule has 0 unspecified atom stereocenters. The van der Waals surface area contributed by atoms with Crippen LogP contribution >= 0.6 is 0 Å². The Morgan fingerprint density at radius 3 is 2.57 bits per heavy atom. The molecule has 1 aliphatic heterocycles. The van der Waals surface area contributed by atoms with Gasteiger partial charge in [-0.1, -0.05) is 18.2 Å². The molecule has 3 heterocycles. The Morgan fingerprint density at radius 1 is 1.11 bits per heavy atom. The van der Waals surface area contributed by atoms with E-state index in [-0.39, 0.29) is 11.9 Å². The van der Waals surface area contributed by atoms with Crippen LogP contribution < -0.4 is 16.0 Å². The van der Waals surface area contributed by atoms with Gasteiger partial charge in [0.25, 0.3) is 0 Å². The summed E-state index contributed by atoms with van der Waals surface area (Å²) in [6, 6.07) is 13.4. The minimum atomic E-state index is 0.107. The molecule has 1 fully saturated rings. The highest BCUT2D eigenvalue weighted by atomic mass is 16.2. The summed E-state index contributed by atoms with van der Waals surface area (Å²) in [6.45, 7) is 4.46. The second kappa shape index (κ2) is 7.55. The van der Waals surface area contributed by atoms with Crippen molar-refractivity contribution in [3.8, 4) is 5.69 Å². The summed E-state index contributed by atoms with van der Waals surface area (Å²) in [6.07, 6.45) is 1.73. The molecule has 9 nitrogen and oxygen atoms in total. The minimum absolute atomic E-state index is 0.107. The van der Waals surface area contributed by atoms with Crippen LogP contribution in [0.5, 0.6) is 0 Å². The Bertz CT molecular complexity index is 963. The summed E-state index contributed by atoms with van der Waals surface area (Å²) in [5.74, 6) is 1.65. The average Bonchev–Trinajstić information content (AvgIpc) is 3.09. The number of benzene rings is 1. The number of amides is 1. The second-order valence-electron chi connectivity index (χ2n) is 6.56. The number of pyridine rings is 1. The van der Waals surface area contributed by atoms with Crippen molar-refractivity contribution in [2.24, 2.45) is 0 Å². The monoisotopic (exact) mass is 378 g/mol. The van der Waals surface area contributed by atoms with Crippen LogP contribution in [-0.2, 0) is 4.79 Å². The van der Waals surface area contributed by atoms with E-state index in [0.717, 1.165) is 30.3 Å². The van der Waals surface area contributed by atoms with Gasteiger partial charge in [-0.25, -0.2) is 4.98 Å². The van der Waals surface area contributed by atoms with Crippen molar-refractivity contribution in [1.82, 2.24) is 24.6 Å². The first kappa shape index (κ1) is 17.8. The number of nitrogens with one attached hydrogen (secondary N) is 1. The van der Waals surface area contributed by atoms with Crippen molar-refractivity contribution in [2.45, 2.75) is 6.92 Å². The highest BCUT2D eigenvalue weighted by Gasteiger charge is 2.20. The molecule has 28 heavy (non-hydrogen) atoms. The van der Waals surface area contributed by atoms with E-state index < -0.39 is 0 Å². The fraction of sp³-hybridized carbons (Fsp3) is 0.263. The minimum Gasteiger partial charge on any atom is -0.368 e. The Hall–Kier alpha value is -3.62. The smallest absolute Gasteiger partial charge is 0.248 e. The summed E-state index contributed by atoms with van der Waals surface area (Å²) in [5.41, 5.74) is 7.75. The first-order valence-electron chi connectivity index (χ1n) is 9.11. The third-order valence-corrected chi connectivity index (χ3v) is 4.68.